The Labute approximate surface area is 212 Å². The van der Waals surface area contributed by atoms with E-state index < -0.39 is 28.1 Å². The van der Waals surface area contributed by atoms with Crippen LogP contribution in [0.3, 0.4) is 0 Å². The van der Waals surface area contributed by atoms with E-state index in [-0.39, 0.29) is 0 Å². The van der Waals surface area contributed by atoms with E-state index in [2.05, 4.69) is 155 Å². The third kappa shape index (κ3) is 4.80. The highest BCUT2D eigenvalue weighted by Crippen LogP contribution is 2.69. The van der Waals surface area contributed by atoms with E-state index in [9.17, 15) is 0 Å². The summed E-state index contributed by atoms with van der Waals surface area (Å²) in [6.45, 7) is 44.6. The highest BCUT2D eigenvalue weighted by Gasteiger charge is 2.72. The Hall–Kier alpha value is 1.83. The number of hydrogen-bond acceptors (Lipinski definition) is 0. The lowest BCUT2D eigenvalue weighted by Crippen LogP contribution is -2.78. The molecule has 0 aliphatic rings. The zero-order valence-electron chi connectivity index (χ0n) is 23.8. The van der Waals surface area contributed by atoms with Gasteiger partial charge in [0.1, 0.15) is 12.9 Å². The minimum absolute atomic E-state index is 0.332. The van der Waals surface area contributed by atoms with Crippen molar-refractivity contribution in [2.75, 3.05) is 0 Å². The summed E-state index contributed by atoms with van der Waals surface area (Å²) in [5, 5.41) is 1.99. The molecule has 0 aromatic carbocycles. The molecule has 0 aromatic rings. The number of halogens is 2. The predicted molar refractivity (Wildman–Crippen MR) is 159 cm³/mol. The van der Waals surface area contributed by atoms with Gasteiger partial charge in [-0.05, 0) is 30.2 Å². The largest absolute Gasteiger partial charge is 0.135 e. The second-order valence-corrected chi connectivity index (χ2v) is 55.9. The van der Waals surface area contributed by atoms with Crippen molar-refractivity contribution in [2.45, 2.75) is 155 Å². The normalized spacial score (nSPS) is 16.6. The summed E-state index contributed by atoms with van der Waals surface area (Å²) in [7, 11) is -3.72. The molecule has 0 fully saturated rings. The van der Waals surface area contributed by atoms with Gasteiger partial charge in [0.25, 0.3) is 0 Å². The predicted octanol–water partition coefficient (Wildman–Crippen LogP) is 10.7. The van der Waals surface area contributed by atoms with Crippen LogP contribution < -0.4 is 0 Å². The average Bonchev–Trinajstić information content (AvgIpc) is 2.27. The molecule has 2 radical (unpaired) electrons. The Balaban J connectivity index is 7.55. The van der Waals surface area contributed by atoms with E-state index in [1.165, 1.54) is 0 Å². The molecule has 180 valence electrons. The van der Waals surface area contributed by atoms with Crippen molar-refractivity contribution in [1.29, 1.82) is 0 Å². The van der Waals surface area contributed by atoms with Gasteiger partial charge in [-0.15, -0.1) is 30.6 Å². The van der Waals surface area contributed by atoms with Gasteiger partial charge in [0, 0.05) is 0 Å². The molecule has 0 rings (SSSR count). The molecule has 0 amide bonds. The van der Waals surface area contributed by atoms with Crippen LogP contribution in [0.25, 0.3) is 0 Å². The highest BCUT2D eigenvalue weighted by atomic mass is 79.9. The molecule has 30 heavy (non-hydrogen) atoms. The van der Waals surface area contributed by atoms with Crippen LogP contribution in [0.2, 0.25) is 30.2 Å². The maximum Gasteiger partial charge on any atom is 0.127 e. The SMILES string of the molecule is CC(C)(C)[Si]([Si](Br)[Si](Br)[Si](C(C)(C)C)(C(C)(C)C)C(C)(C)C)(C(C)(C)C)C(C)(C)C. The fourth-order valence-electron chi connectivity index (χ4n) is 9.05. The molecule has 0 aromatic heterocycles. The van der Waals surface area contributed by atoms with E-state index in [1.807, 2.05) is 0 Å². The van der Waals surface area contributed by atoms with E-state index in [1.54, 1.807) is 0 Å². The molecule has 0 N–H and O–H groups in total. The van der Waals surface area contributed by atoms with Gasteiger partial charge in [0.05, 0.1) is 15.2 Å². The van der Waals surface area contributed by atoms with Crippen molar-refractivity contribution in [3.63, 3.8) is 0 Å². The zero-order valence-corrected chi connectivity index (χ0v) is 30.9. The summed E-state index contributed by atoms with van der Waals surface area (Å²) < 4.78 is 0. The minimum Gasteiger partial charge on any atom is -0.135 e. The van der Waals surface area contributed by atoms with Crippen molar-refractivity contribution < 1.29 is 0 Å². The highest BCUT2D eigenvalue weighted by molar-refractivity contribution is 9.37. The Morgan fingerprint density at radius 1 is 0.333 bits per heavy atom. The van der Waals surface area contributed by atoms with E-state index in [0.717, 1.165) is 0 Å². The van der Waals surface area contributed by atoms with Gasteiger partial charge in [-0.2, -0.15) is 0 Å². The molecule has 0 saturated heterocycles. The van der Waals surface area contributed by atoms with Gasteiger partial charge in [-0.3, -0.25) is 0 Å². The second kappa shape index (κ2) is 8.80. The van der Waals surface area contributed by atoms with Gasteiger partial charge in [0.2, 0.25) is 0 Å². The first-order chi connectivity index (χ1) is 12.6. The molecule has 0 spiro atoms. The molecule has 0 unspecified atom stereocenters. The summed E-state index contributed by atoms with van der Waals surface area (Å²) in [5.74, 6) is 0. The lowest BCUT2D eigenvalue weighted by molar-refractivity contribution is 0.552. The summed E-state index contributed by atoms with van der Waals surface area (Å²) in [4.78, 5) is 0. The lowest BCUT2D eigenvalue weighted by Gasteiger charge is -2.67. The first kappa shape index (κ1) is 31.8. The minimum atomic E-state index is -1.86. The van der Waals surface area contributed by atoms with Gasteiger partial charge < -0.3 is 0 Å². The third-order valence-electron chi connectivity index (χ3n) is 7.60. The maximum absolute atomic E-state index is 4.68. The zero-order chi connectivity index (χ0) is 25.2. The number of hydrogen-bond donors (Lipinski definition) is 0. The van der Waals surface area contributed by atoms with Crippen LogP contribution in [0.5, 0.6) is 0 Å². The summed E-state index contributed by atoms with van der Waals surface area (Å²) >= 11 is 9.37. The maximum atomic E-state index is 4.68. The molecular formula is C24H54Br2Si4. The standard InChI is InChI=1S/C24H54Br2Si4/c1-19(2,3)29(20(4,5)6,21(7,8)9)27(25)28(26)30(22(10,11)12,23(13,14)15)24(16,17)18/h1-18H3. The van der Waals surface area contributed by atoms with Crippen LogP contribution in [0.15, 0.2) is 0 Å². The van der Waals surface area contributed by atoms with Crippen LogP contribution in [0, 0.1) is 0 Å². The molecule has 0 aliphatic carbocycles. The van der Waals surface area contributed by atoms with Gasteiger partial charge in [-0.1, -0.05) is 125 Å². The van der Waals surface area contributed by atoms with Crippen molar-refractivity contribution in [3.8, 4) is 0 Å². The molecule has 0 aliphatic heterocycles. The van der Waals surface area contributed by atoms with E-state index in [4.69, 9.17) is 0 Å². The Morgan fingerprint density at radius 2 is 0.433 bits per heavy atom. The van der Waals surface area contributed by atoms with Gasteiger partial charge in [0.15, 0.2) is 0 Å². The van der Waals surface area contributed by atoms with Crippen molar-refractivity contribution >= 4 is 58.7 Å². The fourth-order valence-corrected chi connectivity index (χ4v) is 125. The molecule has 6 heteroatoms. The first-order valence-corrected chi connectivity index (χ1v) is 26.1. The Morgan fingerprint density at radius 3 is 0.500 bits per heavy atom. The third-order valence-corrected chi connectivity index (χ3v) is 84.1. The second-order valence-electron chi connectivity index (χ2n) is 15.6. The molecule has 0 bridgehead atoms. The Bertz CT molecular complexity index is 462. The average molecular weight is 615 g/mol. The Kier molecular flexibility index (Phi) is 9.34. The molecule has 0 heterocycles. The molecular weight excluding hydrogens is 560 g/mol. The van der Waals surface area contributed by atoms with Crippen LogP contribution in [0.4, 0.5) is 0 Å². The fraction of sp³-hybridized carbons (Fsp3) is 1.00. The molecule has 0 atom stereocenters. The van der Waals surface area contributed by atoms with Crippen molar-refractivity contribution in [3.05, 3.63) is 0 Å². The van der Waals surface area contributed by atoms with Gasteiger partial charge in [-0.25, -0.2) is 0 Å². The molecule has 0 nitrogen and oxygen atoms in total. The van der Waals surface area contributed by atoms with Crippen LogP contribution in [-0.4, -0.2) is 28.1 Å². The van der Waals surface area contributed by atoms with Crippen LogP contribution >= 0.6 is 30.6 Å². The smallest absolute Gasteiger partial charge is 0.127 e. The molecule has 0 saturated carbocycles. The lowest BCUT2D eigenvalue weighted by atomic mass is 10.2. The monoisotopic (exact) mass is 612 g/mol. The summed E-state index contributed by atoms with van der Waals surface area (Å²) in [6, 6.07) is 0. The topological polar surface area (TPSA) is 0 Å². The van der Waals surface area contributed by atoms with Crippen LogP contribution in [0.1, 0.15) is 125 Å². The van der Waals surface area contributed by atoms with E-state index in [0.29, 0.717) is 30.2 Å². The van der Waals surface area contributed by atoms with E-state index >= 15 is 0 Å². The van der Waals surface area contributed by atoms with Crippen LogP contribution in [-0.2, 0) is 0 Å². The van der Waals surface area contributed by atoms with Crippen molar-refractivity contribution in [2.24, 2.45) is 0 Å². The van der Waals surface area contributed by atoms with Crippen molar-refractivity contribution in [1.82, 2.24) is 0 Å². The quantitative estimate of drug-likeness (QED) is 0.219. The summed E-state index contributed by atoms with van der Waals surface area (Å²) in [5.41, 5.74) is 0. The first-order valence-electron chi connectivity index (χ1n) is 11.6. The van der Waals surface area contributed by atoms with Gasteiger partial charge >= 0.3 is 0 Å². The number of rotatable bonds is 3. The summed E-state index contributed by atoms with van der Waals surface area (Å²) in [6.07, 6.45) is 0.